The molecule has 7 rings (SSSR count). The highest BCUT2D eigenvalue weighted by Crippen LogP contribution is 2.52. The molecular formula is C59H72N2O8. The molecule has 0 radical (unpaired) electrons. The summed E-state index contributed by atoms with van der Waals surface area (Å²) < 4.78 is 46.3. The van der Waals surface area contributed by atoms with E-state index in [1.165, 1.54) is 22.3 Å². The van der Waals surface area contributed by atoms with E-state index in [2.05, 4.69) is 157 Å². The van der Waals surface area contributed by atoms with Crippen LogP contribution in [0.1, 0.15) is 103 Å². The molecule has 0 bridgehead atoms. The van der Waals surface area contributed by atoms with Crippen molar-refractivity contribution in [2.75, 3.05) is 36.2 Å². The number of rotatable bonds is 26. The fourth-order valence-electron chi connectivity index (χ4n) is 8.84. The molecule has 0 aliphatic heterocycles. The van der Waals surface area contributed by atoms with Gasteiger partial charge in [-0.2, -0.15) is 0 Å². The molecule has 6 aromatic rings. The third-order valence-corrected chi connectivity index (χ3v) is 12.5. The highest BCUT2D eigenvalue weighted by Gasteiger charge is 2.37. The Hall–Kier alpha value is -5.40. The quantitative estimate of drug-likeness (QED) is 0.0491. The predicted molar refractivity (Wildman–Crippen MR) is 277 cm³/mol. The second-order valence-corrected chi connectivity index (χ2v) is 17.8. The lowest BCUT2D eigenvalue weighted by Crippen LogP contribution is -2.18. The van der Waals surface area contributed by atoms with E-state index in [0.717, 1.165) is 56.4 Å². The standard InChI is InChI=1S/C59H72N2O8/c1-11-62-41(5)66-37-45-15-23-49(24-16-45)60(50-25-17-46(18-26-50)38-67-42(6)63-12-2)53-31-33-55-56-34-32-54(36-58(56)59(9,10)57(55)35-53)61(51-27-19-47(20-28-51)39-68-43(7)64-13-3)52-29-21-48(22-30-52)40-69-44(8)65-14-4/h15-36,41-44H,11-14,37-40H2,1-10H3. The molecule has 69 heavy (non-hydrogen) atoms. The lowest BCUT2D eigenvalue weighted by molar-refractivity contribution is -0.134. The first kappa shape index (κ1) is 51.5. The van der Waals surface area contributed by atoms with Gasteiger partial charge in [-0.25, -0.2) is 0 Å². The van der Waals surface area contributed by atoms with Gasteiger partial charge in [-0.3, -0.25) is 0 Å². The zero-order chi connectivity index (χ0) is 48.9. The van der Waals surface area contributed by atoms with Crippen molar-refractivity contribution >= 4 is 34.1 Å². The molecule has 1 aliphatic rings. The molecule has 6 aromatic carbocycles. The van der Waals surface area contributed by atoms with Crippen LogP contribution in [-0.4, -0.2) is 51.6 Å². The van der Waals surface area contributed by atoms with Gasteiger partial charge in [0, 0.05) is 66.0 Å². The van der Waals surface area contributed by atoms with Gasteiger partial charge in [-0.15, -0.1) is 0 Å². The van der Waals surface area contributed by atoms with Crippen molar-refractivity contribution in [2.45, 2.75) is 126 Å². The van der Waals surface area contributed by atoms with Crippen LogP contribution >= 0.6 is 0 Å². The van der Waals surface area contributed by atoms with Gasteiger partial charge in [0.05, 0.1) is 26.4 Å². The first-order valence-corrected chi connectivity index (χ1v) is 24.6. The van der Waals surface area contributed by atoms with Crippen LogP contribution in [0.4, 0.5) is 34.1 Å². The molecular weight excluding hydrogens is 865 g/mol. The highest BCUT2D eigenvalue weighted by molar-refractivity contribution is 5.88. The molecule has 10 nitrogen and oxygen atoms in total. The Morgan fingerprint density at radius 1 is 0.333 bits per heavy atom. The Bertz CT molecular complexity index is 2220. The maximum Gasteiger partial charge on any atom is 0.155 e. The molecule has 0 heterocycles. The summed E-state index contributed by atoms with van der Waals surface area (Å²) in [6.45, 7) is 24.6. The SMILES string of the molecule is CCOC(C)OCc1ccc(N(c2ccc(COC(C)OCC)cc2)c2ccc3c(c2)C(C)(C)c2cc(N(c4ccc(COC(C)OCC)cc4)c4ccc(COC(C)OCC)cc4)ccc2-3)cc1. The van der Waals surface area contributed by atoms with Gasteiger partial charge in [-0.1, -0.05) is 74.5 Å². The van der Waals surface area contributed by atoms with Crippen LogP contribution in [-0.2, 0) is 69.7 Å². The van der Waals surface area contributed by atoms with E-state index in [4.69, 9.17) is 37.9 Å². The predicted octanol–water partition coefficient (Wildman–Crippen LogP) is 14.5. The third kappa shape index (κ3) is 13.1. The van der Waals surface area contributed by atoms with Crippen LogP contribution in [0.2, 0.25) is 0 Å². The molecule has 0 amide bonds. The molecule has 0 aromatic heterocycles. The largest absolute Gasteiger partial charge is 0.353 e. The van der Waals surface area contributed by atoms with Crippen LogP contribution in [0.5, 0.6) is 0 Å². The Morgan fingerprint density at radius 2 is 0.565 bits per heavy atom. The Kier molecular flexibility index (Phi) is 18.2. The summed E-state index contributed by atoms with van der Waals surface area (Å²) >= 11 is 0. The fraction of sp³-hybridized carbons (Fsp3) is 0.390. The number of hydrogen-bond donors (Lipinski definition) is 0. The van der Waals surface area contributed by atoms with E-state index in [9.17, 15) is 0 Å². The number of benzene rings is 6. The summed E-state index contributed by atoms with van der Waals surface area (Å²) in [7, 11) is 0. The average molecular weight is 937 g/mol. The summed E-state index contributed by atoms with van der Waals surface area (Å²) in [4.78, 5) is 4.65. The van der Waals surface area contributed by atoms with Gasteiger partial charge in [0.15, 0.2) is 25.2 Å². The molecule has 0 saturated carbocycles. The fourth-order valence-corrected chi connectivity index (χ4v) is 8.84. The van der Waals surface area contributed by atoms with Crippen LogP contribution in [0.15, 0.2) is 133 Å². The van der Waals surface area contributed by atoms with E-state index in [1.807, 2.05) is 55.4 Å². The van der Waals surface area contributed by atoms with Gasteiger partial charge in [-0.05, 0) is 173 Å². The lowest BCUT2D eigenvalue weighted by atomic mass is 9.82. The summed E-state index contributed by atoms with van der Waals surface area (Å²) in [6.07, 6.45) is -1.10. The van der Waals surface area contributed by atoms with E-state index in [0.29, 0.717) is 52.9 Å². The summed E-state index contributed by atoms with van der Waals surface area (Å²) in [6, 6.07) is 48.2. The number of fused-ring (bicyclic) bond motifs is 3. The topological polar surface area (TPSA) is 80.3 Å². The van der Waals surface area contributed by atoms with E-state index >= 15 is 0 Å². The van der Waals surface area contributed by atoms with Crippen LogP contribution in [0, 0.1) is 0 Å². The van der Waals surface area contributed by atoms with Gasteiger partial charge < -0.3 is 47.7 Å². The molecule has 4 atom stereocenters. The first-order valence-electron chi connectivity index (χ1n) is 24.6. The monoisotopic (exact) mass is 937 g/mol. The molecule has 1 aliphatic carbocycles. The van der Waals surface area contributed by atoms with Crippen LogP contribution in [0.3, 0.4) is 0 Å². The molecule has 0 spiro atoms. The normalized spacial score (nSPS) is 14.5. The minimum Gasteiger partial charge on any atom is -0.353 e. The molecule has 0 N–H and O–H groups in total. The average Bonchev–Trinajstić information content (AvgIpc) is 3.58. The number of hydrogen-bond acceptors (Lipinski definition) is 10. The van der Waals surface area contributed by atoms with Crippen molar-refractivity contribution in [2.24, 2.45) is 0 Å². The van der Waals surface area contributed by atoms with E-state index < -0.39 is 0 Å². The Morgan fingerprint density at radius 3 is 0.797 bits per heavy atom. The van der Waals surface area contributed by atoms with Crippen molar-refractivity contribution in [3.63, 3.8) is 0 Å². The summed E-state index contributed by atoms with van der Waals surface area (Å²) in [5, 5.41) is 0. The minimum atomic E-state index is -0.318. The second-order valence-electron chi connectivity index (χ2n) is 17.8. The summed E-state index contributed by atoms with van der Waals surface area (Å²) in [5.74, 6) is 0. The van der Waals surface area contributed by atoms with Crippen molar-refractivity contribution in [1.29, 1.82) is 0 Å². The van der Waals surface area contributed by atoms with E-state index in [-0.39, 0.29) is 30.6 Å². The van der Waals surface area contributed by atoms with Crippen molar-refractivity contribution in [3.8, 4) is 11.1 Å². The van der Waals surface area contributed by atoms with E-state index in [1.54, 1.807) is 0 Å². The Labute approximate surface area is 411 Å². The molecule has 0 saturated heterocycles. The highest BCUT2D eigenvalue weighted by atomic mass is 16.7. The van der Waals surface area contributed by atoms with Gasteiger partial charge in [0.1, 0.15) is 0 Å². The van der Waals surface area contributed by atoms with Crippen LogP contribution < -0.4 is 9.80 Å². The van der Waals surface area contributed by atoms with Crippen LogP contribution in [0.25, 0.3) is 11.1 Å². The zero-order valence-electron chi connectivity index (χ0n) is 42.3. The number of nitrogens with zero attached hydrogens (tertiary/aromatic N) is 2. The molecule has 10 heteroatoms. The Balaban J connectivity index is 1.22. The van der Waals surface area contributed by atoms with Gasteiger partial charge in [0.2, 0.25) is 0 Å². The van der Waals surface area contributed by atoms with Gasteiger partial charge in [0.25, 0.3) is 0 Å². The zero-order valence-corrected chi connectivity index (χ0v) is 42.3. The number of ether oxygens (including phenoxy) is 8. The van der Waals surface area contributed by atoms with Crippen molar-refractivity contribution < 1.29 is 37.9 Å². The van der Waals surface area contributed by atoms with Crippen molar-refractivity contribution in [3.05, 3.63) is 167 Å². The second kappa shape index (κ2) is 24.4. The van der Waals surface area contributed by atoms with Crippen molar-refractivity contribution in [1.82, 2.24) is 0 Å². The molecule has 4 unspecified atom stereocenters. The summed E-state index contributed by atoms with van der Waals surface area (Å²) in [5.41, 5.74) is 15.3. The van der Waals surface area contributed by atoms with Gasteiger partial charge >= 0.3 is 0 Å². The molecule has 0 fully saturated rings. The molecule has 366 valence electrons. The third-order valence-electron chi connectivity index (χ3n) is 12.5. The minimum absolute atomic E-state index is 0.275. The maximum absolute atomic E-state index is 5.96. The number of anilines is 6. The lowest BCUT2D eigenvalue weighted by Gasteiger charge is -2.29. The maximum atomic E-state index is 5.96. The first-order chi connectivity index (χ1) is 33.4. The smallest absolute Gasteiger partial charge is 0.155 e.